The molecule has 0 N–H and O–H groups in total. The van der Waals surface area contributed by atoms with Crippen molar-refractivity contribution in [2.24, 2.45) is 0 Å². The van der Waals surface area contributed by atoms with Gasteiger partial charge in [-0.1, -0.05) is 149 Å². The lowest BCUT2D eigenvalue weighted by atomic mass is 9.63. The van der Waals surface area contributed by atoms with Crippen molar-refractivity contribution in [2.45, 2.75) is 123 Å². The van der Waals surface area contributed by atoms with Crippen molar-refractivity contribution in [3.8, 4) is 11.1 Å². The third kappa shape index (κ3) is 7.17. The maximum atomic E-state index is 6.79. The van der Waals surface area contributed by atoms with Crippen LogP contribution in [-0.4, -0.2) is 0 Å². The first kappa shape index (κ1) is 40.0. The van der Waals surface area contributed by atoms with Gasteiger partial charge in [-0.15, -0.1) is 0 Å². The third-order valence-electron chi connectivity index (χ3n) is 13.3. The van der Waals surface area contributed by atoms with Gasteiger partial charge in [0.15, 0.2) is 0 Å². The van der Waals surface area contributed by atoms with Gasteiger partial charge in [-0.25, -0.2) is 0 Å². The Morgan fingerprint density at radius 3 is 1.79 bits per heavy atom. The van der Waals surface area contributed by atoms with E-state index in [9.17, 15) is 0 Å². The van der Waals surface area contributed by atoms with E-state index < -0.39 is 0 Å². The molecule has 298 valence electrons. The summed E-state index contributed by atoms with van der Waals surface area (Å²) in [5.74, 6) is 0. The topological polar surface area (TPSA) is 6.48 Å². The molecule has 1 aliphatic carbocycles. The summed E-state index contributed by atoms with van der Waals surface area (Å²) < 4.78 is 0. The molecule has 0 aromatic heterocycles. The number of fused-ring (bicyclic) bond motifs is 3. The van der Waals surface area contributed by atoms with Gasteiger partial charge in [-0.05, 0) is 146 Å². The van der Waals surface area contributed by atoms with Crippen LogP contribution >= 0.6 is 11.6 Å². The molecule has 0 amide bonds. The number of halogens is 1. The van der Waals surface area contributed by atoms with Crippen molar-refractivity contribution in [3.63, 3.8) is 0 Å². The predicted molar refractivity (Wildman–Crippen MR) is 251 cm³/mol. The summed E-state index contributed by atoms with van der Waals surface area (Å²) in [7, 11) is 0. The summed E-state index contributed by atoms with van der Waals surface area (Å²) in [5, 5.41) is 0.709. The van der Waals surface area contributed by atoms with Gasteiger partial charge in [-0.2, -0.15) is 0 Å². The Morgan fingerprint density at radius 1 is 0.517 bits per heavy atom. The number of nitrogens with zero attached hydrogens (tertiary/aromatic N) is 2. The highest BCUT2D eigenvalue weighted by Gasteiger charge is 2.38. The highest BCUT2D eigenvalue weighted by Crippen LogP contribution is 2.52. The van der Waals surface area contributed by atoms with E-state index in [1.54, 1.807) is 0 Å². The van der Waals surface area contributed by atoms with Gasteiger partial charge in [0.1, 0.15) is 0 Å². The molecule has 0 saturated heterocycles. The quantitative estimate of drug-likeness (QED) is 0.176. The van der Waals surface area contributed by atoms with E-state index in [1.807, 2.05) is 6.07 Å². The highest BCUT2D eigenvalue weighted by atomic mass is 35.5. The van der Waals surface area contributed by atoms with Crippen LogP contribution in [0.1, 0.15) is 129 Å². The summed E-state index contributed by atoms with van der Waals surface area (Å²) in [6, 6.07) is 48.4. The first-order chi connectivity index (χ1) is 27.1. The highest BCUT2D eigenvalue weighted by molar-refractivity contribution is 6.30. The van der Waals surface area contributed by atoms with Crippen LogP contribution in [0.15, 0.2) is 127 Å². The zero-order chi connectivity index (χ0) is 41.6. The molecular formula is C55H61ClN2. The first-order valence-corrected chi connectivity index (χ1v) is 21.5. The van der Waals surface area contributed by atoms with E-state index in [0.29, 0.717) is 5.02 Å². The Morgan fingerprint density at radius 2 is 1.16 bits per heavy atom. The van der Waals surface area contributed by atoms with Crippen LogP contribution in [0.25, 0.3) is 11.1 Å². The van der Waals surface area contributed by atoms with E-state index >= 15 is 0 Å². The molecule has 3 heteroatoms. The third-order valence-corrected chi connectivity index (χ3v) is 13.5. The lowest BCUT2D eigenvalue weighted by Crippen LogP contribution is -2.34. The second-order valence-electron chi connectivity index (χ2n) is 20.9. The van der Waals surface area contributed by atoms with E-state index in [0.717, 1.165) is 29.2 Å². The lowest BCUT2D eigenvalue weighted by Gasteiger charge is -2.42. The smallest absolute Gasteiger partial charge is 0.0540 e. The number of hydrogen-bond donors (Lipinski definition) is 0. The summed E-state index contributed by atoms with van der Waals surface area (Å²) in [4.78, 5) is 4.92. The summed E-state index contributed by atoms with van der Waals surface area (Å²) in [6.45, 7) is 28.2. The van der Waals surface area contributed by atoms with Crippen LogP contribution in [0.4, 0.5) is 34.1 Å². The lowest BCUT2D eigenvalue weighted by molar-refractivity contribution is 0.332. The van der Waals surface area contributed by atoms with Gasteiger partial charge in [0, 0.05) is 44.4 Å². The molecule has 0 fully saturated rings. The molecule has 0 atom stereocenters. The minimum atomic E-state index is -0.306. The largest absolute Gasteiger partial charge is 0.310 e. The molecule has 0 saturated carbocycles. The van der Waals surface area contributed by atoms with Gasteiger partial charge in [0.2, 0.25) is 0 Å². The molecule has 58 heavy (non-hydrogen) atoms. The summed E-state index contributed by atoms with van der Waals surface area (Å²) in [6.07, 6.45) is 2.34. The fourth-order valence-corrected chi connectivity index (χ4v) is 9.38. The van der Waals surface area contributed by atoms with Gasteiger partial charge < -0.3 is 9.80 Å². The molecule has 0 unspecified atom stereocenters. The Bertz CT molecular complexity index is 2500. The molecule has 2 nitrogen and oxygen atoms in total. The van der Waals surface area contributed by atoms with Crippen molar-refractivity contribution in [3.05, 3.63) is 166 Å². The molecular weight excluding hydrogens is 724 g/mol. The molecule has 0 spiro atoms. The van der Waals surface area contributed by atoms with Crippen molar-refractivity contribution in [1.29, 1.82) is 0 Å². The Kier molecular flexibility index (Phi) is 9.60. The molecule has 3 aliphatic rings. The number of benzene rings is 6. The predicted octanol–water partition coefficient (Wildman–Crippen LogP) is 16.5. The molecule has 6 aromatic rings. The second kappa shape index (κ2) is 13.9. The van der Waals surface area contributed by atoms with E-state index in [4.69, 9.17) is 11.6 Å². The normalized spacial score (nSPS) is 16.6. The Labute approximate surface area is 353 Å². The molecule has 2 heterocycles. The maximum absolute atomic E-state index is 6.79. The van der Waals surface area contributed by atoms with Crippen molar-refractivity contribution < 1.29 is 0 Å². The summed E-state index contributed by atoms with van der Waals surface area (Å²) >= 11 is 6.79. The van der Waals surface area contributed by atoms with Gasteiger partial charge in [0.05, 0.1) is 5.69 Å². The molecule has 6 aromatic carbocycles. The number of hydrogen-bond acceptors (Lipinski definition) is 2. The zero-order valence-corrected chi connectivity index (χ0v) is 37.6. The van der Waals surface area contributed by atoms with E-state index in [2.05, 4.69) is 214 Å². The minimum Gasteiger partial charge on any atom is -0.310 e. The molecule has 0 radical (unpaired) electrons. The van der Waals surface area contributed by atoms with Crippen molar-refractivity contribution in [2.75, 3.05) is 9.80 Å². The maximum Gasteiger partial charge on any atom is 0.0540 e. The molecule has 9 rings (SSSR count). The van der Waals surface area contributed by atoms with Crippen LogP contribution in [0.3, 0.4) is 0 Å². The average Bonchev–Trinajstić information content (AvgIpc) is 3.18. The van der Waals surface area contributed by atoms with Gasteiger partial charge in [0.25, 0.3) is 0 Å². The molecule has 4 bridgehead atoms. The number of anilines is 6. The first-order valence-electron chi connectivity index (χ1n) is 21.2. The van der Waals surface area contributed by atoms with E-state index in [-0.39, 0.29) is 27.1 Å². The standard InChI is InChI=1S/C55H61ClN2/c1-51(2,3)37-20-23-42(24-21-37)57(43-15-13-14-41(56)33-43)45-30-40-31-46(34-45)58(44-25-26-48-49(35-44)54(9,10)29-28-53(48,7)8)50-27-22-39(52(4,5)6)32-47(50)36-16-18-38(19-17-36)55(40,11)12/h13-27,30-35H,28-29H2,1-12H3. The Hall–Kier alpha value is -4.79. The zero-order valence-electron chi connectivity index (χ0n) is 36.8. The van der Waals surface area contributed by atoms with Crippen LogP contribution < -0.4 is 9.80 Å². The summed E-state index contributed by atoms with van der Waals surface area (Å²) in [5.41, 5.74) is 17.1. The van der Waals surface area contributed by atoms with Gasteiger partial charge in [-0.3, -0.25) is 0 Å². The second-order valence-corrected chi connectivity index (χ2v) is 21.3. The van der Waals surface area contributed by atoms with Crippen LogP contribution in [0, 0.1) is 0 Å². The van der Waals surface area contributed by atoms with Crippen molar-refractivity contribution >= 4 is 45.7 Å². The van der Waals surface area contributed by atoms with Crippen molar-refractivity contribution in [1.82, 2.24) is 0 Å². The Balaban J connectivity index is 1.47. The fraction of sp³-hybridized carbons (Fsp3) is 0.345. The van der Waals surface area contributed by atoms with Gasteiger partial charge >= 0.3 is 0 Å². The fourth-order valence-electron chi connectivity index (χ4n) is 9.19. The number of rotatable bonds is 4. The van der Waals surface area contributed by atoms with Crippen LogP contribution in [0.5, 0.6) is 0 Å². The van der Waals surface area contributed by atoms with Crippen LogP contribution in [0.2, 0.25) is 5.02 Å². The monoisotopic (exact) mass is 784 g/mol. The SMILES string of the molecule is CC(C)(C)c1ccc(N(c2cccc(Cl)c2)c2cc3cc(c2)C(C)(C)c2ccc(cc2)-c2cc(C(C)(C)C)ccc2N3c2ccc3c(c2)C(C)(C)CCC3(C)C)cc1. The molecule has 2 aliphatic heterocycles. The average molecular weight is 786 g/mol. The van der Waals surface area contributed by atoms with E-state index in [1.165, 1.54) is 62.3 Å². The minimum absolute atomic E-state index is 0.0114. The van der Waals surface area contributed by atoms with Crippen LogP contribution in [-0.2, 0) is 27.1 Å².